The highest BCUT2D eigenvalue weighted by molar-refractivity contribution is 7.71. The lowest BCUT2D eigenvalue weighted by molar-refractivity contribution is 0.308. The molecule has 0 unspecified atom stereocenters. The average Bonchev–Trinajstić information content (AvgIpc) is 2.77. The molecule has 3 heteroatoms. The number of benzene rings is 2. The minimum atomic E-state index is -0.241. The van der Waals surface area contributed by atoms with E-state index in [0.29, 0.717) is 16.2 Å². The van der Waals surface area contributed by atoms with Crippen molar-refractivity contribution in [2.24, 2.45) is 5.92 Å². The molecule has 2 aromatic carbocycles. The first-order valence-electron chi connectivity index (χ1n) is 11.8. The average molecular weight is 425 g/mol. The molecule has 0 N–H and O–H groups in total. The Morgan fingerprint density at radius 3 is 2.43 bits per heavy atom. The first-order chi connectivity index (χ1) is 14.6. The summed E-state index contributed by atoms with van der Waals surface area (Å²) in [4.78, 5) is 0. The van der Waals surface area contributed by atoms with Crippen molar-refractivity contribution in [2.75, 3.05) is 0 Å². The summed E-state index contributed by atoms with van der Waals surface area (Å²) in [5, 5.41) is 2.78. The third-order valence-electron chi connectivity index (χ3n) is 6.99. The van der Waals surface area contributed by atoms with Crippen LogP contribution in [-0.4, -0.2) is 0 Å². The first kappa shape index (κ1) is 21.5. The quantitative estimate of drug-likeness (QED) is 0.213. The Hall–Kier alpha value is -1.74. The Morgan fingerprint density at radius 1 is 0.933 bits per heavy atom. The highest BCUT2D eigenvalue weighted by atomic mass is 32.1. The minimum absolute atomic E-state index is 0.241. The van der Waals surface area contributed by atoms with Gasteiger partial charge in [-0.2, -0.15) is 0 Å². The molecular weight excluding hydrogens is 391 g/mol. The van der Waals surface area contributed by atoms with Gasteiger partial charge in [0.2, 0.25) is 0 Å². The van der Waals surface area contributed by atoms with E-state index in [0.717, 1.165) is 53.3 Å². The van der Waals surface area contributed by atoms with E-state index < -0.39 is 0 Å². The summed E-state index contributed by atoms with van der Waals surface area (Å²) in [7, 11) is 0. The third kappa shape index (κ3) is 4.32. The van der Waals surface area contributed by atoms with Gasteiger partial charge in [0.05, 0.1) is 0 Å². The number of unbranched alkanes of at least 4 members (excludes halogenated alkanes) is 2. The van der Waals surface area contributed by atoms with Crippen molar-refractivity contribution in [3.63, 3.8) is 0 Å². The zero-order valence-electron chi connectivity index (χ0n) is 18.3. The van der Waals surface area contributed by atoms with Crippen LogP contribution >= 0.6 is 12.2 Å². The van der Waals surface area contributed by atoms with E-state index in [4.69, 9.17) is 16.6 Å². The van der Waals surface area contributed by atoms with Crippen LogP contribution in [0.5, 0.6) is 0 Å². The van der Waals surface area contributed by atoms with E-state index in [2.05, 4.69) is 32.0 Å². The number of halogens is 1. The summed E-state index contributed by atoms with van der Waals surface area (Å²) in [6.45, 7) is 4.44. The molecule has 1 heterocycles. The Balaban J connectivity index is 1.66. The molecule has 3 aromatic rings. The number of hydrogen-bond acceptors (Lipinski definition) is 2. The summed E-state index contributed by atoms with van der Waals surface area (Å²) in [6, 6.07) is 10.5. The molecule has 1 fully saturated rings. The van der Waals surface area contributed by atoms with Gasteiger partial charge in [0.15, 0.2) is 16.1 Å². The molecular formula is C27H33FOS. The summed E-state index contributed by atoms with van der Waals surface area (Å²) in [5.74, 6) is 1.26. The van der Waals surface area contributed by atoms with Crippen LogP contribution in [-0.2, 0) is 6.42 Å². The summed E-state index contributed by atoms with van der Waals surface area (Å²) >= 11 is 5.57. The molecule has 0 bridgehead atoms. The van der Waals surface area contributed by atoms with Crippen LogP contribution in [0, 0.1) is 16.4 Å². The summed E-state index contributed by atoms with van der Waals surface area (Å²) in [5.41, 5.74) is 2.40. The number of aryl methyl sites for hydroxylation is 1. The lowest BCUT2D eigenvalue weighted by Crippen LogP contribution is -2.13. The van der Waals surface area contributed by atoms with E-state index in [1.165, 1.54) is 44.1 Å². The van der Waals surface area contributed by atoms with E-state index in [1.54, 1.807) is 0 Å². The van der Waals surface area contributed by atoms with Gasteiger partial charge in [-0.15, -0.1) is 0 Å². The lowest BCUT2D eigenvalue weighted by atomic mass is 9.77. The first-order valence-corrected chi connectivity index (χ1v) is 12.2. The van der Waals surface area contributed by atoms with Crippen LogP contribution in [0.1, 0.15) is 88.7 Å². The largest absolute Gasteiger partial charge is 0.441 e. The maximum Gasteiger partial charge on any atom is 0.198 e. The molecule has 1 saturated carbocycles. The van der Waals surface area contributed by atoms with Gasteiger partial charge in [0.25, 0.3) is 0 Å². The van der Waals surface area contributed by atoms with Gasteiger partial charge < -0.3 is 4.42 Å². The number of rotatable bonds is 7. The molecule has 0 aliphatic heterocycles. The second kappa shape index (κ2) is 9.60. The second-order valence-corrected chi connectivity index (χ2v) is 9.44. The minimum Gasteiger partial charge on any atom is -0.441 e. The third-order valence-corrected chi connectivity index (χ3v) is 7.29. The number of fused-ring (bicyclic) bond motifs is 3. The monoisotopic (exact) mass is 424 g/mol. The van der Waals surface area contributed by atoms with Crippen LogP contribution in [0.3, 0.4) is 0 Å². The van der Waals surface area contributed by atoms with Gasteiger partial charge in [-0.25, -0.2) is 4.39 Å². The van der Waals surface area contributed by atoms with Crippen molar-refractivity contribution in [3.8, 4) is 0 Å². The Morgan fingerprint density at radius 2 is 1.70 bits per heavy atom. The SMILES string of the molecule is CCCCCc1ccc2c(oc(=S)c3cc(C4CCC(CCC)CC4)ccc32)c1F. The van der Waals surface area contributed by atoms with E-state index >= 15 is 4.39 Å². The van der Waals surface area contributed by atoms with Crippen molar-refractivity contribution < 1.29 is 8.81 Å². The lowest BCUT2D eigenvalue weighted by Gasteiger charge is -2.28. The fourth-order valence-corrected chi connectivity index (χ4v) is 5.48. The Labute approximate surface area is 184 Å². The highest BCUT2D eigenvalue weighted by Crippen LogP contribution is 2.39. The van der Waals surface area contributed by atoms with E-state index in [1.807, 2.05) is 12.1 Å². The van der Waals surface area contributed by atoms with E-state index in [-0.39, 0.29) is 5.82 Å². The van der Waals surface area contributed by atoms with Crippen LogP contribution in [0.25, 0.3) is 21.7 Å². The molecule has 160 valence electrons. The molecule has 1 aliphatic carbocycles. The van der Waals surface area contributed by atoms with E-state index in [9.17, 15) is 0 Å². The standard InChI is InChI=1S/C27H33FOS/c1-3-5-6-8-20-13-16-23-22-15-14-21(19-11-9-18(7-4-2)10-12-19)17-24(22)27(30)29-26(23)25(20)28/h13-19H,3-12H2,1-2H3. The van der Waals surface area contributed by atoms with Crippen LogP contribution in [0.4, 0.5) is 4.39 Å². The Kier molecular flexibility index (Phi) is 6.87. The molecule has 0 amide bonds. The van der Waals surface area contributed by atoms with Gasteiger partial charge >= 0.3 is 0 Å². The van der Waals surface area contributed by atoms with Crippen molar-refractivity contribution in [2.45, 2.75) is 84.0 Å². The number of hydrogen-bond donors (Lipinski definition) is 0. The van der Waals surface area contributed by atoms with Gasteiger partial charge in [-0.3, -0.25) is 0 Å². The van der Waals surface area contributed by atoms with Gasteiger partial charge in [0.1, 0.15) is 0 Å². The zero-order valence-corrected chi connectivity index (χ0v) is 19.1. The Bertz CT molecular complexity index is 1080. The van der Waals surface area contributed by atoms with Crippen molar-refractivity contribution in [1.29, 1.82) is 0 Å². The highest BCUT2D eigenvalue weighted by Gasteiger charge is 2.22. The van der Waals surface area contributed by atoms with Crippen molar-refractivity contribution in [3.05, 3.63) is 52.0 Å². The summed E-state index contributed by atoms with van der Waals surface area (Å²) < 4.78 is 21.4. The predicted molar refractivity (Wildman–Crippen MR) is 127 cm³/mol. The molecule has 1 aliphatic rings. The smallest absolute Gasteiger partial charge is 0.198 e. The second-order valence-electron chi connectivity index (χ2n) is 9.07. The van der Waals surface area contributed by atoms with Gasteiger partial charge in [-0.1, -0.05) is 63.8 Å². The molecule has 0 radical (unpaired) electrons. The van der Waals surface area contributed by atoms with Crippen LogP contribution in [0.2, 0.25) is 0 Å². The molecule has 0 saturated heterocycles. The topological polar surface area (TPSA) is 13.1 Å². The molecule has 0 spiro atoms. The fraction of sp³-hybridized carbons (Fsp3) is 0.519. The zero-order chi connectivity index (χ0) is 21.1. The molecule has 1 aromatic heterocycles. The van der Waals surface area contributed by atoms with Crippen molar-refractivity contribution >= 4 is 34.0 Å². The maximum absolute atomic E-state index is 15.1. The molecule has 4 rings (SSSR count). The van der Waals surface area contributed by atoms with Gasteiger partial charge in [-0.05, 0) is 85.2 Å². The maximum atomic E-state index is 15.1. The molecule has 30 heavy (non-hydrogen) atoms. The molecule has 0 atom stereocenters. The van der Waals surface area contributed by atoms with Crippen molar-refractivity contribution in [1.82, 2.24) is 0 Å². The summed E-state index contributed by atoms with van der Waals surface area (Å²) in [6.07, 6.45) is 11.8. The van der Waals surface area contributed by atoms with Crippen LogP contribution in [0.15, 0.2) is 34.7 Å². The van der Waals surface area contributed by atoms with Gasteiger partial charge in [0, 0.05) is 10.8 Å². The van der Waals surface area contributed by atoms with Crippen LogP contribution < -0.4 is 0 Å². The normalized spacial score (nSPS) is 19.6. The fourth-order valence-electron chi connectivity index (χ4n) is 5.23. The predicted octanol–water partition coefficient (Wildman–Crippen LogP) is 9.26. The molecule has 1 nitrogen and oxygen atoms in total.